The lowest BCUT2D eigenvalue weighted by Gasteiger charge is -1.97. The van der Waals surface area contributed by atoms with Gasteiger partial charge in [-0.15, -0.1) is 0 Å². The summed E-state index contributed by atoms with van der Waals surface area (Å²) in [6.07, 6.45) is 3.51. The Hall–Kier alpha value is -1.84. The molecule has 0 aliphatic heterocycles. The summed E-state index contributed by atoms with van der Waals surface area (Å²) in [7, 11) is 0. The first-order valence-electron chi connectivity index (χ1n) is 6.37. The topological polar surface area (TPSA) is 26.0 Å². The summed E-state index contributed by atoms with van der Waals surface area (Å²) < 4.78 is 6.73. The third kappa shape index (κ3) is 3.43. The summed E-state index contributed by atoms with van der Waals surface area (Å²) >= 11 is 9.68. The molecule has 0 fully saturated rings. The van der Waals surface area contributed by atoms with Crippen molar-refractivity contribution >= 4 is 38.6 Å². The van der Waals surface area contributed by atoms with Crippen LogP contribution in [0.15, 0.2) is 69.7 Å². The van der Waals surface area contributed by atoms with Crippen molar-refractivity contribution in [2.45, 2.75) is 0 Å². The highest BCUT2D eigenvalue weighted by atomic mass is 79.9. The molecule has 0 spiro atoms. The molecular weight excluding hydrogens is 350 g/mol. The van der Waals surface area contributed by atoms with E-state index in [1.165, 1.54) is 0 Å². The maximum absolute atomic E-state index is 6.27. The van der Waals surface area contributed by atoms with Gasteiger partial charge in [0.2, 0.25) is 5.89 Å². The smallest absolute Gasteiger partial charge is 0.238 e. The Kier molecular flexibility index (Phi) is 4.23. The van der Waals surface area contributed by atoms with E-state index in [4.69, 9.17) is 16.0 Å². The summed E-state index contributed by atoms with van der Waals surface area (Å²) in [6.45, 7) is 0. The number of halogens is 2. The van der Waals surface area contributed by atoms with E-state index in [0.29, 0.717) is 16.7 Å². The second kappa shape index (κ2) is 6.29. The fraction of sp³-hybridized carbons (Fsp3) is 0. The highest BCUT2D eigenvalue weighted by Gasteiger charge is 2.09. The van der Waals surface area contributed by atoms with Crippen molar-refractivity contribution in [3.63, 3.8) is 0 Å². The SMILES string of the molecule is Cl/C(=C\c1ccc(Br)cc1)c1ncc(-c2ccccc2)o1. The maximum atomic E-state index is 6.27. The molecule has 0 aliphatic rings. The Bertz CT molecular complexity index is 763. The molecule has 0 N–H and O–H groups in total. The number of hydrogen-bond acceptors (Lipinski definition) is 2. The van der Waals surface area contributed by atoms with Gasteiger partial charge in [-0.3, -0.25) is 0 Å². The van der Waals surface area contributed by atoms with Crippen molar-refractivity contribution < 1.29 is 4.42 Å². The van der Waals surface area contributed by atoms with Crippen molar-refractivity contribution in [3.8, 4) is 11.3 Å². The van der Waals surface area contributed by atoms with Crippen LogP contribution < -0.4 is 0 Å². The van der Waals surface area contributed by atoms with Gasteiger partial charge in [-0.25, -0.2) is 4.98 Å². The highest BCUT2D eigenvalue weighted by Crippen LogP contribution is 2.27. The Morgan fingerprint density at radius 1 is 1.05 bits per heavy atom. The Balaban J connectivity index is 1.87. The molecule has 0 amide bonds. The molecule has 2 aromatic carbocycles. The molecule has 0 radical (unpaired) electrons. The summed E-state index contributed by atoms with van der Waals surface area (Å²) in [6, 6.07) is 17.7. The lowest BCUT2D eigenvalue weighted by molar-refractivity contribution is 0.559. The molecule has 104 valence electrons. The van der Waals surface area contributed by atoms with Crippen LogP contribution in [0.5, 0.6) is 0 Å². The van der Waals surface area contributed by atoms with Crippen LogP contribution in [0.4, 0.5) is 0 Å². The van der Waals surface area contributed by atoms with Gasteiger partial charge in [0.15, 0.2) is 5.76 Å². The van der Waals surface area contributed by atoms with Crippen LogP contribution in [-0.2, 0) is 0 Å². The lowest BCUT2D eigenvalue weighted by Crippen LogP contribution is -1.77. The molecule has 21 heavy (non-hydrogen) atoms. The standard InChI is InChI=1S/C17H11BrClNO/c18-14-8-6-12(7-9-14)10-15(19)17-20-11-16(21-17)13-4-2-1-3-5-13/h1-11H/b15-10-. The van der Waals surface area contributed by atoms with Crippen molar-refractivity contribution in [2.75, 3.05) is 0 Å². The molecule has 3 rings (SSSR count). The van der Waals surface area contributed by atoms with Gasteiger partial charge in [0.25, 0.3) is 0 Å². The van der Waals surface area contributed by atoms with E-state index in [0.717, 1.165) is 15.6 Å². The van der Waals surface area contributed by atoms with Gasteiger partial charge in [-0.2, -0.15) is 0 Å². The molecule has 1 aromatic heterocycles. The number of aromatic nitrogens is 1. The zero-order valence-electron chi connectivity index (χ0n) is 11.0. The van der Waals surface area contributed by atoms with Gasteiger partial charge >= 0.3 is 0 Å². The quantitative estimate of drug-likeness (QED) is 0.586. The average molecular weight is 361 g/mol. The fourth-order valence-electron chi connectivity index (χ4n) is 1.89. The largest absolute Gasteiger partial charge is 0.435 e. The van der Waals surface area contributed by atoms with Crippen LogP contribution in [0.25, 0.3) is 22.4 Å². The minimum atomic E-state index is 0.415. The summed E-state index contributed by atoms with van der Waals surface area (Å²) in [5, 5.41) is 0.472. The fourth-order valence-corrected chi connectivity index (χ4v) is 2.37. The van der Waals surface area contributed by atoms with Crippen LogP contribution in [0.2, 0.25) is 0 Å². The van der Waals surface area contributed by atoms with Crippen LogP contribution in [0, 0.1) is 0 Å². The predicted molar refractivity (Wildman–Crippen MR) is 89.8 cm³/mol. The van der Waals surface area contributed by atoms with E-state index in [1.54, 1.807) is 6.20 Å². The first-order chi connectivity index (χ1) is 10.2. The monoisotopic (exact) mass is 359 g/mol. The molecule has 4 heteroatoms. The zero-order valence-corrected chi connectivity index (χ0v) is 13.3. The van der Waals surface area contributed by atoms with Gasteiger partial charge in [-0.05, 0) is 23.8 Å². The number of nitrogens with zero attached hydrogens (tertiary/aromatic N) is 1. The number of oxazole rings is 1. The van der Waals surface area contributed by atoms with E-state index in [1.807, 2.05) is 60.7 Å². The van der Waals surface area contributed by atoms with Gasteiger partial charge in [0, 0.05) is 10.0 Å². The Morgan fingerprint density at radius 2 is 1.76 bits per heavy atom. The molecule has 0 unspecified atom stereocenters. The first-order valence-corrected chi connectivity index (χ1v) is 7.54. The van der Waals surface area contributed by atoms with E-state index < -0.39 is 0 Å². The van der Waals surface area contributed by atoms with Crippen molar-refractivity contribution in [3.05, 3.63) is 76.7 Å². The summed E-state index contributed by atoms with van der Waals surface area (Å²) in [5.41, 5.74) is 1.96. The minimum absolute atomic E-state index is 0.415. The summed E-state index contributed by atoms with van der Waals surface area (Å²) in [5.74, 6) is 1.12. The van der Waals surface area contributed by atoms with Gasteiger partial charge in [0.05, 0.1) is 6.20 Å². The van der Waals surface area contributed by atoms with E-state index in [9.17, 15) is 0 Å². The van der Waals surface area contributed by atoms with Gasteiger partial charge in [-0.1, -0.05) is 70.0 Å². The number of hydrogen-bond donors (Lipinski definition) is 0. The van der Waals surface area contributed by atoms with E-state index >= 15 is 0 Å². The minimum Gasteiger partial charge on any atom is -0.435 e. The van der Waals surface area contributed by atoms with Crippen LogP contribution in [-0.4, -0.2) is 4.98 Å². The molecule has 2 nitrogen and oxygen atoms in total. The molecular formula is C17H11BrClNO. The first kappa shape index (κ1) is 14.1. The predicted octanol–water partition coefficient (Wildman–Crippen LogP) is 5.84. The van der Waals surface area contributed by atoms with Crippen molar-refractivity contribution in [1.82, 2.24) is 4.98 Å². The molecule has 1 heterocycles. The Labute approximate surface area is 136 Å². The third-order valence-corrected chi connectivity index (χ3v) is 3.73. The third-order valence-electron chi connectivity index (χ3n) is 2.93. The summed E-state index contributed by atoms with van der Waals surface area (Å²) in [4.78, 5) is 4.23. The van der Waals surface area contributed by atoms with Crippen molar-refractivity contribution in [1.29, 1.82) is 0 Å². The normalized spacial score (nSPS) is 11.6. The zero-order chi connectivity index (χ0) is 14.7. The van der Waals surface area contributed by atoms with Crippen LogP contribution in [0.1, 0.15) is 11.5 Å². The second-order valence-electron chi connectivity index (χ2n) is 4.44. The Morgan fingerprint density at radius 3 is 2.48 bits per heavy atom. The van der Waals surface area contributed by atoms with Crippen molar-refractivity contribution in [2.24, 2.45) is 0 Å². The lowest BCUT2D eigenvalue weighted by atomic mass is 10.2. The molecule has 3 aromatic rings. The van der Waals surface area contributed by atoms with Gasteiger partial charge in [0.1, 0.15) is 5.03 Å². The molecule has 0 atom stereocenters. The van der Waals surface area contributed by atoms with Crippen LogP contribution >= 0.6 is 27.5 Å². The van der Waals surface area contributed by atoms with Crippen LogP contribution in [0.3, 0.4) is 0 Å². The second-order valence-corrected chi connectivity index (χ2v) is 5.76. The molecule has 0 saturated heterocycles. The van der Waals surface area contributed by atoms with E-state index in [-0.39, 0.29) is 0 Å². The number of rotatable bonds is 3. The molecule has 0 bridgehead atoms. The maximum Gasteiger partial charge on any atom is 0.238 e. The average Bonchev–Trinajstić information content (AvgIpc) is 3.00. The highest BCUT2D eigenvalue weighted by molar-refractivity contribution is 9.10. The number of benzene rings is 2. The molecule has 0 saturated carbocycles. The van der Waals surface area contributed by atoms with Gasteiger partial charge < -0.3 is 4.42 Å². The van der Waals surface area contributed by atoms with E-state index in [2.05, 4.69) is 20.9 Å². The molecule has 0 aliphatic carbocycles.